The van der Waals surface area contributed by atoms with Crippen LogP contribution in [0.1, 0.15) is 46.1 Å². The van der Waals surface area contributed by atoms with Crippen LogP contribution in [0.5, 0.6) is 0 Å². The van der Waals surface area contributed by atoms with E-state index in [0.29, 0.717) is 32.0 Å². The number of nitro groups is 1. The Labute approximate surface area is 170 Å². The molecule has 9 nitrogen and oxygen atoms in total. The molecule has 1 fully saturated rings. The molecule has 1 heterocycles. The lowest BCUT2D eigenvalue weighted by molar-refractivity contribution is -0.384. The number of piperidine rings is 1. The van der Waals surface area contributed by atoms with Gasteiger partial charge in [0.1, 0.15) is 12.2 Å². The molecule has 0 aromatic heterocycles. The number of carbonyl (C=O) groups excluding carboxylic acids is 1. The highest BCUT2D eigenvalue weighted by molar-refractivity contribution is 5.98. The summed E-state index contributed by atoms with van der Waals surface area (Å²) in [5.41, 5.74) is 0.930. The van der Waals surface area contributed by atoms with Gasteiger partial charge in [0.2, 0.25) is 0 Å². The fourth-order valence-electron chi connectivity index (χ4n) is 2.80. The molecule has 1 aromatic carbocycles. The molecule has 1 aliphatic heterocycles. The van der Waals surface area contributed by atoms with Gasteiger partial charge in [-0.05, 0) is 58.2 Å². The minimum atomic E-state index is -0.491. The molecule has 1 aromatic rings. The Morgan fingerprint density at radius 1 is 1.21 bits per heavy atom. The van der Waals surface area contributed by atoms with E-state index in [1.165, 1.54) is 12.1 Å². The molecule has 2 rings (SSSR count). The summed E-state index contributed by atoms with van der Waals surface area (Å²) in [6.45, 7) is 9.25. The number of likely N-dealkylation sites (tertiary alicyclic amines) is 1. The maximum absolute atomic E-state index is 12.0. The molecule has 0 saturated carbocycles. The minimum Gasteiger partial charge on any atom is -0.444 e. The van der Waals surface area contributed by atoms with Crippen molar-refractivity contribution in [1.29, 1.82) is 0 Å². The van der Waals surface area contributed by atoms with E-state index in [9.17, 15) is 14.9 Å². The van der Waals surface area contributed by atoms with Gasteiger partial charge in [-0.25, -0.2) is 4.79 Å². The molecule has 1 saturated heterocycles. The highest BCUT2D eigenvalue weighted by atomic mass is 16.6. The molecular formula is C20H29N3O6. The average molecular weight is 407 g/mol. The van der Waals surface area contributed by atoms with Gasteiger partial charge in [0.15, 0.2) is 0 Å². The normalized spacial score (nSPS) is 15.9. The molecule has 160 valence electrons. The van der Waals surface area contributed by atoms with E-state index in [1.54, 1.807) is 24.0 Å². The molecule has 0 N–H and O–H groups in total. The Morgan fingerprint density at radius 2 is 1.83 bits per heavy atom. The van der Waals surface area contributed by atoms with Crippen molar-refractivity contribution in [2.75, 3.05) is 26.3 Å². The van der Waals surface area contributed by atoms with E-state index < -0.39 is 10.5 Å². The zero-order chi connectivity index (χ0) is 21.4. The molecule has 9 heteroatoms. The Kier molecular flexibility index (Phi) is 7.95. The monoisotopic (exact) mass is 407 g/mol. The Hall–Kier alpha value is -2.68. The molecule has 0 unspecified atom stereocenters. The third-order valence-electron chi connectivity index (χ3n) is 4.32. The highest BCUT2D eigenvalue weighted by Gasteiger charge is 2.27. The van der Waals surface area contributed by atoms with Crippen molar-refractivity contribution in [1.82, 2.24) is 4.90 Å². The zero-order valence-corrected chi connectivity index (χ0v) is 17.4. The van der Waals surface area contributed by atoms with Gasteiger partial charge >= 0.3 is 6.09 Å². The third kappa shape index (κ3) is 7.69. The second kappa shape index (κ2) is 10.2. The van der Waals surface area contributed by atoms with Crippen molar-refractivity contribution in [3.05, 3.63) is 39.9 Å². The zero-order valence-electron chi connectivity index (χ0n) is 17.4. The predicted molar refractivity (Wildman–Crippen MR) is 108 cm³/mol. The number of carbonyl (C=O) groups is 1. The molecule has 1 amide bonds. The van der Waals surface area contributed by atoms with Crippen LogP contribution in [0.15, 0.2) is 29.4 Å². The van der Waals surface area contributed by atoms with Crippen molar-refractivity contribution in [2.45, 2.75) is 52.2 Å². The number of hydrogen-bond acceptors (Lipinski definition) is 7. The molecule has 0 spiro atoms. The first-order chi connectivity index (χ1) is 13.7. The first-order valence-corrected chi connectivity index (χ1v) is 9.66. The third-order valence-corrected chi connectivity index (χ3v) is 4.32. The number of amides is 1. The van der Waals surface area contributed by atoms with Gasteiger partial charge in [-0.1, -0.05) is 5.16 Å². The van der Waals surface area contributed by atoms with Gasteiger partial charge in [0.05, 0.1) is 23.3 Å². The lowest BCUT2D eigenvalue weighted by atomic mass is 10.1. The number of benzene rings is 1. The molecule has 0 bridgehead atoms. The van der Waals surface area contributed by atoms with Crippen LogP contribution in [0.4, 0.5) is 10.5 Å². The second-order valence-corrected chi connectivity index (χ2v) is 7.85. The van der Waals surface area contributed by atoms with Crippen LogP contribution < -0.4 is 0 Å². The maximum Gasteiger partial charge on any atom is 0.410 e. The average Bonchev–Trinajstić information content (AvgIpc) is 2.66. The first-order valence-electron chi connectivity index (χ1n) is 9.66. The van der Waals surface area contributed by atoms with Gasteiger partial charge in [-0.15, -0.1) is 0 Å². The SMILES string of the molecule is C/C(=N/OCCOC1CCN(C(=O)OC(C)(C)C)CC1)c1ccc([N+](=O)[O-])cc1. The van der Waals surface area contributed by atoms with Gasteiger partial charge in [0, 0.05) is 25.2 Å². The van der Waals surface area contributed by atoms with Gasteiger partial charge in [0.25, 0.3) is 5.69 Å². The molecule has 1 aliphatic rings. The molecule has 29 heavy (non-hydrogen) atoms. The van der Waals surface area contributed by atoms with Crippen molar-refractivity contribution >= 4 is 17.5 Å². The van der Waals surface area contributed by atoms with Crippen molar-refractivity contribution in [2.24, 2.45) is 5.16 Å². The first kappa shape index (κ1) is 22.6. The van der Waals surface area contributed by atoms with Crippen molar-refractivity contribution in [3.63, 3.8) is 0 Å². The fraction of sp³-hybridized carbons (Fsp3) is 0.600. The van der Waals surface area contributed by atoms with E-state index in [2.05, 4.69) is 5.16 Å². The second-order valence-electron chi connectivity index (χ2n) is 7.85. The Morgan fingerprint density at radius 3 is 2.38 bits per heavy atom. The van der Waals surface area contributed by atoms with Crippen LogP contribution in [-0.4, -0.2) is 59.6 Å². The van der Waals surface area contributed by atoms with E-state index >= 15 is 0 Å². The molecular weight excluding hydrogens is 378 g/mol. The summed E-state index contributed by atoms with van der Waals surface area (Å²) in [5, 5.41) is 14.7. The maximum atomic E-state index is 12.0. The standard InChI is InChI=1S/C20H29N3O6/c1-15(16-5-7-17(8-6-16)23(25)26)21-28-14-13-27-18-9-11-22(12-10-18)19(24)29-20(2,3)4/h5-8,18H,9-14H2,1-4H3/b21-15-. The lowest BCUT2D eigenvalue weighted by Gasteiger charge is -2.33. The summed E-state index contributed by atoms with van der Waals surface area (Å²) >= 11 is 0. The topological polar surface area (TPSA) is 104 Å². The number of nitrogens with zero attached hydrogens (tertiary/aromatic N) is 3. The molecule has 0 atom stereocenters. The van der Waals surface area contributed by atoms with Gasteiger partial charge in [-0.2, -0.15) is 0 Å². The van der Waals surface area contributed by atoms with Crippen molar-refractivity contribution < 1.29 is 24.0 Å². The summed E-state index contributed by atoms with van der Waals surface area (Å²) < 4.78 is 11.2. The van der Waals surface area contributed by atoms with Crippen LogP contribution in [0, 0.1) is 10.1 Å². The van der Waals surface area contributed by atoms with E-state index in [1.807, 2.05) is 20.8 Å². The number of hydrogen-bond donors (Lipinski definition) is 0. The van der Waals surface area contributed by atoms with Crippen molar-refractivity contribution in [3.8, 4) is 0 Å². The molecule has 0 radical (unpaired) electrons. The Balaban J connectivity index is 1.65. The quantitative estimate of drug-likeness (QED) is 0.295. The van der Waals surface area contributed by atoms with Gasteiger partial charge < -0.3 is 19.2 Å². The van der Waals surface area contributed by atoms with E-state index in [-0.39, 0.29) is 17.9 Å². The van der Waals surface area contributed by atoms with E-state index in [0.717, 1.165) is 18.4 Å². The number of non-ortho nitro benzene ring substituents is 1. The number of nitro benzene ring substituents is 1. The van der Waals surface area contributed by atoms with Crippen LogP contribution in [-0.2, 0) is 14.3 Å². The smallest absolute Gasteiger partial charge is 0.410 e. The highest BCUT2D eigenvalue weighted by Crippen LogP contribution is 2.17. The number of oxime groups is 1. The summed E-state index contributed by atoms with van der Waals surface area (Å²) in [6.07, 6.45) is 1.31. The summed E-state index contributed by atoms with van der Waals surface area (Å²) in [7, 11) is 0. The summed E-state index contributed by atoms with van der Waals surface area (Å²) in [6, 6.07) is 6.13. The van der Waals surface area contributed by atoms with Crippen LogP contribution in [0.2, 0.25) is 0 Å². The summed E-state index contributed by atoms with van der Waals surface area (Å²) in [4.78, 5) is 29.3. The fourth-order valence-corrected chi connectivity index (χ4v) is 2.80. The molecule has 0 aliphatic carbocycles. The lowest BCUT2D eigenvalue weighted by Crippen LogP contribution is -2.43. The largest absolute Gasteiger partial charge is 0.444 e. The van der Waals surface area contributed by atoms with Gasteiger partial charge in [-0.3, -0.25) is 10.1 Å². The summed E-state index contributed by atoms with van der Waals surface area (Å²) in [5.74, 6) is 0. The Bertz CT molecular complexity index is 719. The van der Waals surface area contributed by atoms with Crippen LogP contribution in [0.25, 0.3) is 0 Å². The number of ether oxygens (including phenoxy) is 2. The van der Waals surface area contributed by atoms with E-state index in [4.69, 9.17) is 14.3 Å². The predicted octanol–water partition coefficient (Wildman–Crippen LogP) is 3.75. The van der Waals surface area contributed by atoms with Crippen LogP contribution >= 0.6 is 0 Å². The number of rotatable bonds is 7. The minimum absolute atomic E-state index is 0.0357. The van der Waals surface area contributed by atoms with Crippen LogP contribution in [0.3, 0.4) is 0 Å².